The molecule has 0 radical (unpaired) electrons. The van der Waals surface area contributed by atoms with Crippen molar-refractivity contribution in [3.8, 4) is 0 Å². The smallest absolute Gasteiger partial charge is 0.223 e. The number of hydrogen-bond acceptors (Lipinski definition) is 2. The number of primary amides is 1. The zero-order valence-corrected chi connectivity index (χ0v) is 7.96. The standard InChI is InChI=1S/C9H17NO2/c1-7(4-5-11)6-9(2,3)8(10)12/h5,7H,4,6H2,1-3H3,(H2,10,12). The van der Waals surface area contributed by atoms with E-state index in [-0.39, 0.29) is 11.8 Å². The van der Waals surface area contributed by atoms with Gasteiger partial charge in [0, 0.05) is 11.8 Å². The molecule has 0 bridgehead atoms. The molecule has 0 saturated carbocycles. The van der Waals surface area contributed by atoms with Gasteiger partial charge in [-0.15, -0.1) is 0 Å². The van der Waals surface area contributed by atoms with E-state index in [2.05, 4.69) is 0 Å². The van der Waals surface area contributed by atoms with E-state index in [4.69, 9.17) is 5.73 Å². The Morgan fingerprint density at radius 3 is 2.42 bits per heavy atom. The number of amides is 1. The van der Waals surface area contributed by atoms with E-state index < -0.39 is 5.41 Å². The second-order valence-electron chi connectivity index (χ2n) is 3.96. The van der Waals surface area contributed by atoms with E-state index >= 15 is 0 Å². The highest BCUT2D eigenvalue weighted by molar-refractivity contribution is 5.79. The van der Waals surface area contributed by atoms with Gasteiger partial charge in [0.05, 0.1) is 0 Å². The minimum atomic E-state index is -0.498. The maximum Gasteiger partial charge on any atom is 0.223 e. The molecule has 0 aromatic rings. The van der Waals surface area contributed by atoms with Crippen molar-refractivity contribution in [1.82, 2.24) is 0 Å². The molecule has 2 N–H and O–H groups in total. The van der Waals surface area contributed by atoms with E-state index in [1.807, 2.05) is 6.92 Å². The Labute approximate surface area is 73.3 Å². The zero-order chi connectivity index (χ0) is 9.78. The van der Waals surface area contributed by atoms with Crippen molar-refractivity contribution in [2.75, 3.05) is 0 Å². The number of carbonyl (C=O) groups excluding carboxylic acids is 2. The molecule has 0 spiro atoms. The number of hydrogen-bond donors (Lipinski definition) is 1. The van der Waals surface area contributed by atoms with Crippen molar-refractivity contribution in [3.63, 3.8) is 0 Å². The summed E-state index contributed by atoms with van der Waals surface area (Å²) in [6, 6.07) is 0. The van der Waals surface area contributed by atoms with Gasteiger partial charge in [0.2, 0.25) is 5.91 Å². The third-order valence-corrected chi connectivity index (χ3v) is 2.02. The second kappa shape index (κ2) is 4.24. The van der Waals surface area contributed by atoms with Crippen LogP contribution in [-0.4, -0.2) is 12.2 Å². The summed E-state index contributed by atoms with van der Waals surface area (Å²) in [5, 5.41) is 0. The van der Waals surface area contributed by atoms with E-state index in [9.17, 15) is 9.59 Å². The summed E-state index contributed by atoms with van der Waals surface area (Å²) >= 11 is 0. The maximum atomic E-state index is 10.9. The fourth-order valence-electron chi connectivity index (χ4n) is 1.22. The van der Waals surface area contributed by atoms with Crippen molar-refractivity contribution in [2.45, 2.75) is 33.6 Å². The summed E-state index contributed by atoms with van der Waals surface area (Å²) in [5.41, 5.74) is 4.69. The van der Waals surface area contributed by atoms with E-state index in [1.165, 1.54) is 0 Å². The van der Waals surface area contributed by atoms with Gasteiger partial charge < -0.3 is 10.5 Å². The first-order valence-electron chi connectivity index (χ1n) is 4.13. The normalized spacial score (nSPS) is 13.9. The Hall–Kier alpha value is -0.860. The molecular formula is C9H17NO2. The van der Waals surface area contributed by atoms with Gasteiger partial charge in [-0.25, -0.2) is 0 Å². The molecule has 3 nitrogen and oxygen atoms in total. The molecule has 1 atom stereocenters. The van der Waals surface area contributed by atoms with Crippen LogP contribution in [0.5, 0.6) is 0 Å². The molecule has 0 aliphatic carbocycles. The molecule has 0 rings (SSSR count). The molecule has 70 valence electrons. The molecule has 0 aromatic carbocycles. The predicted molar refractivity (Wildman–Crippen MR) is 47.4 cm³/mol. The Morgan fingerprint density at radius 1 is 1.58 bits per heavy atom. The first kappa shape index (κ1) is 11.1. The van der Waals surface area contributed by atoms with Crippen LogP contribution in [0.15, 0.2) is 0 Å². The summed E-state index contributed by atoms with van der Waals surface area (Å²) in [7, 11) is 0. The molecular weight excluding hydrogens is 154 g/mol. The van der Waals surface area contributed by atoms with E-state index in [0.717, 1.165) is 6.29 Å². The van der Waals surface area contributed by atoms with Gasteiger partial charge in [-0.05, 0) is 12.3 Å². The number of aldehydes is 1. The molecule has 1 unspecified atom stereocenters. The first-order chi connectivity index (χ1) is 5.40. The maximum absolute atomic E-state index is 10.9. The lowest BCUT2D eigenvalue weighted by molar-refractivity contribution is -0.127. The summed E-state index contributed by atoms with van der Waals surface area (Å²) in [4.78, 5) is 21.0. The first-order valence-corrected chi connectivity index (χ1v) is 4.13. The van der Waals surface area contributed by atoms with Crippen molar-refractivity contribution in [3.05, 3.63) is 0 Å². The highest BCUT2D eigenvalue weighted by Crippen LogP contribution is 2.25. The molecule has 3 heteroatoms. The Kier molecular flexibility index (Phi) is 3.93. The van der Waals surface area contributed by atoms with Crippen LogP contribution in [0.25, 0.3) is 0 Å². The minimum Gasteiger partial charge on any atom is -0.369 e. The molecule has 0 heterocycles. The minimum absolute atomic E-state index is 0.227. The van der Waals surface area contributed by atoms with Crippen LogP contribution >= 0.6 is 0 Å². The van der Waals surface area contributed by atoms with Crippen LogP contribution in [-0.2, 0) is 9.59 Å². The quantitative estimate of drug-likeness (QED) is 0.630. The summed E-state index contributed by atoms with van der Waals surface area (Å²) in [6.45, 7) is 5.55. The lowest BCUT2D eigenvalue weighted by Gasteiger charge is -2.23. The zero-order valence-electron chi connectivity index (χ0n) is 7.96. The summed E-state index contributed by atoms with van der Waals surface area (Å²) in [5.74, 6) is -0.0785. The van der Waals surface area contributed by atoms with Crippen LogP contribution in [0.4, 0.5) is 0 Å². The van der Waals surface area contributed by atoms with Gasteiger partial charge in [-0.3, -0.25) is 4.79 Å². The van der Waals surface area contributed by atoms with Crippen molar-refractivity contribution < 1.29 is 9.59 Å². The number of nitrogens with two attached hydrogens (primary N) is 1. The molecule has 0 fully saturated rings. The SMILES string of the molecule is CC(CC=O)CC(C)(C)C(N)=O. The van der Waals surface area contributed by atoms with Crippen LogP contribution in [0, 0.1) is 11.3 Å². The van der Waals surface area contributed by atoms with Crippen LogP contribution in [0.1, 0.15) is 33.6 Å². The fourth-order valence-corrected chi connectivity index (χ4v) is 1.22. The van der Waals surface area contributed by atoms with Crippen LogP contribution in [0.3, 0.4) is 0 Å². The Bertz CT molecular complexity index is 175. The van der Waals surface area contributed by atoms with Gasteiger partial charge in [-0.2, -0.15) is 0 Å². The third-order valence-electron chi connectivity index (χ3n) is 2.02. The topological polar surface area (TPSA) is 60.2 Å². The summed E-state index contributed by atoms with van der Waals surface area (Å²) in [6.07, 6.45) is 2.04. The van der Waals surface area contributed by atoms with Crippen LogP contribution in [0.2, 0.25) is 0 Å². The lowest BCUT2D eigenvalue weighted by atomic mass is 9.82. The molecule has 12 heavy (non-hydrogen) atoms. The largest absolute Gasteiger partial charge is 0.369 e. The number of rotatable bonds is 5. The van der Waals surface area contributed by atoms with E-state index in [0.29, 0.717) is 12.8 Å². The highest BCUT2D eigenvalue weighted by atomic mass is 16.1. The average Bonchev–Trinajstić information content (AvgIpc) is 1.85. The molecule has 0 aliphatic rings. The predicted octanol–water partition coefficient (Wildman–Crippen LogP) is 1.11. The lowest BCUT2D eigenvalue weighted by Crippen LogP contribution is -2.33. The molecule has 0 aliphatic heterocycles. The molecule has 1 amide bonds. The Morgan fingerprint density at radius 2 is 2.08 bits per heavy atom. The molecule has 0 aromatic heterocycles. The monoisotopic (exact) mass is 171 g/mol. The van der Waals surface area contributed by atoms with Gasteiger partial charge in [-0.1, -0.05) is 20.8 Å². The van der Waals surface area contributed by atoms with E-state index in [1.54, 1.807) is 13.8 Å². The van der Waals surface area contributed by atoms with Gasteiger partial charge in [0.25, 0.3) is 0 Å². The van der Waals surface area contributed by atoms with Crippen molar-refractivity contribution in [2.24, 2.45) is 17.1 Å². The molecule has 0 saturated heterocycles. The van der Waals surface area contributed by atoms with Crippen LogP contribution < -0.4 is 5.73 Å². The second-order valence-corrected chi connectivity index (χ2v) is 3.96. The van der Waals surface area contributed by atoms with Gasteiger partial charge >= 0.3 is 0 Å². The Balaban J connectivity index is 4.04. The van der Waals surface area contributed by atoms with Crippen molar-refractivity contribution in [1.29, 1.82) is 0 Å². The van der Waals surface area contributed by atoms with Gasteiger partial charge in [0.15, 0.2) is 0 Å². The third kappa shape index (κ3) is 3.51. The van der Waals surface area contributed by atoms with Crippen molar-refractivity contribution >= 4 is 12.2 Å². The average molecular weight is 171 g/mol. The fraction of sp³-hybridized carbons (Fsp3) is 0.778. The summed E-state index contributed by atoms with van der Waals surface area (Å²) < 4.78 is 0. The highest BCUT2D eigenvalue weighted by Gasteiger charge is 2.26. The van der Waals surface area contributed by atoms with Gasteiger partial charge in [0.1, 0.15) is 6.29 Å². The number of carbonyl (C=O) groups is 2.